The molecule has 2 rings (SSSR count). The normalized spacial score (nSPS) is 11.2. The van der Waals surface area contributed by atoms with Crippen molar-refractivity contribution < 1.29 is 9.53 Å². The lowest BCUT2D eigenvalue weighted by atomic mass is 10.1. The van der Waals surface area contributed by atoms with E-state index in [0.717, 1.165) is 16.5 Å². The molecule has 5 nitrogen and oxygen atoms in total. The molecule has 18 heavy (non-hydrogen) atoms. The highest BCUT2D eigenvalue weighted by Crippen LogP contribution is 2.17. The highest BCUT2D eigenvalue weighted by atomic mass is 35.5. The summed E-state index contributed by atoms with van der Waals surface area (Å²) in [6, 6.07) is 1.27. The molecule has 0 radical (unpaired) electrons. The molecular weight excluding hydrogens is 277 g/mol. The smallest absolute Gasteiger partial charge is 0.322 e. The van der Waals surface area contributed by atoms with E-state index in [-0.39, 0.29) is 24.8 Å². The molecule has 0 spiro atoms. The van der Waals surface area contributed by atoms with Gasteiger partial charge in [0.05, 0.1) is 18.8 Å². The van der Waals surface area contributed by atoms with Crippen LogP contribution < -0.4 is 5.73 Å². The molecular formula is C11H15Cl2N3O2. The Morgan fingerprint density at radius 1 is 1.56 bits per heavy atom. The molecule has 1 atom stereocenters. The summed E-state index contributed by atoms with van der Waals surface area (Å²) in [6.07, 6.45) is 5.75. The summed E-state index contributed by atoms with van der Waals surface area (Å²) in [4.78, 5) is 18.3. The van der Waals surface area contributed by atoms with Gasteiger partial charge in [0.1, 0.15) is 6.04 Å². The summed E-state index contributed by atoms with van der Waals surface area (Å²) in [7, 11) is 1.33. The number of pyridine rings is 1. The van der Waals surface area contributed by atoms with Gasteiger partial charge in [-0.2, -0.15) is 0 Å². The second-order valence-electron chi connectivity index (χ2n) is 3.57. The van der Waals surface area contributed by atoms with Crippen molar-refractivity contribution in [2.75, 3.05) is 7.11 Å². The van der Waals surface area contributed by atoms with Crippen LogP contribution in [0.3, 0.4) is 0 Å². The molecule has 0 saturated heterocycles. The van der Waals surface area contributed by atoms with Crippen molar-refractivity contribution in [3.63, 3.8) is 0 Å². The minimum Gasteiger partial charge on any atom is -0.468 e. The standard InChI is InChI=1S/C11H13N3O2.2ClH/c1-16-11(15)9(12)4-7-5-14-10-6-13-3-2-8(7)10;;/h2-3,5-6,9,14H,4,12H2,1H3;2*1H. The van der Waals surface area contributed by atoms with Crippen LogP contribution in [0.1, 0.15) is 5.56 Å². The molecule has 0 amide bonds. The quantitative estimate of drug-likeness (QED) is 0.839. The van der Waals surface area contributed by atoms with Gasteiger partial charge in [0.2, 0.25) is 0 Å². The number of nitrogens with zero attached hydrogens (tertiary/aromatic N) is 1. The number of rotatable bonds is 3. The van der Waals surface area contributed by atoms with Gasteiger partial charge in [0.25, 0.3) is 0 Å². The average molecular weight is 292 g/mol. The zero-order chi connectivity index (χ0) is 11.5. The fraction of sp³-hybridized carbons (Fsp3) is 0.273. The number of hydrogen-bond acceptors (Lipinski definition) is 4. The summed E-state index contributed by atoms with van der Waals surface area (Å²) in [5, 5.41) is 1.04. The summed E-state index contributed by atoms with van der Waals surface area (Å²) in [5.74, 6) is -0.400. The Labute approximate surface area is 117 Å². The predicted octanol–water partition coefficient (Wildman–Crippen LogP) is 1.45. The number of H-pyrrole nitrogens is 1. The minimum absolute atomic E-state index is 0. The molecule has 0 aromatic carbocycles. The van der Waals surface area contributed by atoms with Crippen molar-refractivity contribution in [3.05, 3.63) is 30.2 Å². The van der Waals surface area contributed by atoms with Crippen LogP contribution in [0.25, 0.3) is 10.9 Å². The number of halogens is 2. The third-order valence-corrected chi connectivity index (χ3v) is 2.51. The van der Waals surface area contributed by atoms with Crippen LogP contribution in [-0.4, -0.2) is 29.1 Å². The Morgan fingerprint density at radius 3 is 2.94 bits per heavy atom. The number of ether oxygens (including phenoxy) is 1. The Morgan fingerprint density at radius 2 is 2.28 bits per heavy atom. The van der Waals surface area contributed by atoms with Gasteiger partial charge in [0, 0.05) is 24.2 Å². The second-order valence-corrected chi connectivity index (χ2v) is 3.57. The average Bonchev–Trinajstić information content (AvgIpc) is 2.72. The van der Waals surface area contributed by atoms with E-state index < -0.39 is 12.0 Å². The predicted molar refractivity (Wildman–Crippen MR) is 74.3 cm³/mol. The van der Waals surface area contributed by atoms with E-state index in [1.165, 1.54) is 7.11 Å². The van der Waals surface area contributed by atoms with Crippen LogP contribution in [0.2, 0.25) is 0 Å². The van der Waals surface area contributed by atoms with Crippen LogP contribution >= 0.6 is 24.8 Å². The molecule has 0 aliphatic rings. The molecule has 0 saturated carbocycles. The number of aromatic nitrogens is 2. The number of nitrogens with one attached hydrogen (secondary N) is 1. The Bertz CT molecular complexity index is 516. The number of carbonyl (C=O) groups excluding carboxylic acids is 1. The largest absolute Gasteiger partial charge is 0.468 e. The molecule has 1 unspecified atom stereocenters. The second kappa shape index (κ2) is 7.20. The molecule has 100 valence electrons. The molecule has 2 aromatic rings. The maximum atomic E-state index is 11.2. The number of nitrogens with two attached hydrogens (primary N) is 1. The summed E-state index contributed by atoms with van der Waals surface area (Å²) in [5.41, 5.74) is 7.64. The number of fused-ring (bicyclic) bond motifs is 1. The van der Waals surface area contributed by atoms with E-state index in [1.54, 1.807) is 12.4 Å². The lowest BCUT2D eigenvalue weighted by Crippen LogP contribution is -2.33. The first-order valence-electron chi connectivity index (χ1n) is 4.95. The first-order valence-corrected chi connectivity index (χ1v) is 4.95. The first kappa shape index (κ1) is 16.7. The molecule has 7 heteroatoms. The molecule has 0 fully saturated rings. The van der Waals surface area contributed by atoms with Gasteiger partial charge in [0.15, 0.2) is 0 Å². The third-order valence-electron chi connectivity index (χ3n) is 2.51. The zero-order valence-electron chi connectivity index (χ0n) is 9.75. The van der Waals surface area contributed by atoms with E-state index in [4.69, 9.17) is 5.73 Å². The third kappa shape index (κ3) is 3.35. The van der Waals surface area contributed by atoms with Gasteiger partial charge in [-0.3, -0.25) is 9.78 Å². The summed E-state index contributed by atoms with van der Waals surface area (Å²) < 4.78 is 4.59. The zero-order valence-corrected chi connectivity index (χ0v) is 11.4. The highest BCUT2D eigenvalue weighted by molar-refractivity contribution is 5.85. The molecule has 0 bridgehead atoms. The highest BCUT2D eigenvalue weighted by Gasteiger charge is 2.16. The van der Waals surface area contributed by atoms with Crippen molar-refractivity contribution in [2.24, 2.45) is 5.73 Å². The van der Waals surface area contributed by atoms with Gasteiger partial charge >= 0.3 is 5.97 Å². The van der Waals surface area contributed by atoms with Gasteiger partial charge < -0.3 is 15.5 Å². The van der Waals surface area contributed by atoms with Gasteiger partial charge in [-0.1, -0.05) is 0 Å². The molecule has 2 aromatic heterocycles. The maximum Gasteiger partial charge on any atom is 0.322 e. The lowest BCUT2D eigenvalue weighted by molar-refractivity contribution is -0.142. The number of aromatic amines is 1. The van der Waals surface area contributed by atoms with Crippen LogP contribution in [0.4, 0.5) is 0 Å². The van der Waals surface area contributed by atoms with Crippen molar-refractivity contribution in [2.45, 2.75) is 12.5 Å². The number of hydrogen-bond donors (Lipinski definition) is 2. The molecule has 0 aliphatic carbocycles. The van der Waals surface area contributed by atoms with E-state index in [9.17, 15) is 4.79 Å². The van der Waals surface area contributed by atoms with Crippen LogP contribution in [0.15, 0.2) is 24.7 Å². The van der Waals surface area contributed by atoms with E-state index in [2.05, 4.69) is 14.7 Å². The van der Waals surface area contributed by atoms with Gasteiger partial charge in [-0.05, 0) is 11.6 Å². The number of carbonyl (C=O) groups is 1. The van der Waals surface area contributed by atoms with E-state index in [1.807, 2.05) is 12.3 Å². The van der Waals surface area contributed by atoms with Gasteiger partial charge in [-0.15, -0.1) is 24.8 Å². The molecule has 2 heterocycles. The first-order chi connectivity index (χ1) is 7.72. The van der Waals surface area contributed by atoms with E-state index >= 15 is 0 Å². The number of esters is 1. The summed E-state index contributed by atoms with van der Waals surface area (Å²) >= 11 is 0. The summed E-state index contributed by atoms with van der Waals surface area (Å²) in [6.45, 7) is 0. The Balaban J connectivity index is 0.00000144. The van der Waals surface area contributed by atoms with Gasteiger partial charge in [-0.25, -0.2) is 0 Å². The van der Waals surface area contributed by atoms with Crippen molar-refractivity contribution in [3.8, 4) is 0 Å². The lowest BCUT2D eigenvalue weighted by Gasteiger charge is -2.07. The van der Waals surface area contributed by atoms with Crippen molar-refractivity contribution >= 4 is 41.7 Å². The topological polar surface area (TPSA) is 81.0 Å². The Hall–Kier alpha value is -1.30. The fourth-order valence-electron chi connectivity index (χ4n) is 1.67. The van der Waals surface area contributed by atoms with E-state index in [0.29, 0.717) is 6.42 Å². The molecule has 3 N–H and O–H groups in total. The molecule has 0 aliphatic heterocycles. The van der Waals surface area contributed by atoms with Crippen LogP contribution in [-0.2, 0) is 16.0 Å². The van der Waals surface area contributed by atoms with Crippen molar-refractivity contribution in [1.82, 2.24) is 9.97 Å². The monoisotopic (exact) mass is 291 g/mol. The van der Waals surface area contributed by atoms with Crippen molar-refractivity contribution in [1.29, 1.82) is 0 Å². The Kier molecular flexibility index (Phi) is 6.68. The van der Waals surface area contributed by atoms with Crippen LogP contribution in [0.5, 0.6) is 0 Å². The number of methoxy groups -OCH3 is 1. The SMILES string of the molecule is COC(=O)C(N)Cc1c[nH]c2cnccc12.Cl.Cl. The fourth-order valence-corrected chi connectivity index (χ4v) is 1.67. The minimum atomic E-state index is -0.628. The van der Waals surface area contributed by atoms with Crippen LogP contribution in [0, 0.1) is 0 Å². The maximum absolute atomic E-state index is 11.2.